The molecule has 126 valence electrons. The minimum Gasteiger partial charge on any atom is -0.364 e. The largest absolute Gasteiger partial charge is 0.364 e. The third-order valence-corrected chi connectivity index (χ3v) is 6.05. The highest BCUT2D eigenvalue weighted by atomic mass is 32.2. The monoisotopic (exact) mass is 339 g/mol. The molecule has 0 unspecified atom stereocenters. The molecule has 3 N–H and O–H groups in total. The SMILES string of the molecule is NC[C@H]1CC[C@@H](C(=O)Nc2ccc(N3CCCS3(=O)=O)cc2)O1. The summed E-state index contributed by atoms with van der Waals surface area (Å²) in [6.07, 6.45) is 1.58. The van der Waals surface area contributed by atoms with Crippen molar-refractivity contribution >= 4 is 27.3 Å². The number of carbonyl (C=O) groups is 1. The van der Waals surface area contributed by atoms with E-state index in [0.29, 0.717) is 37.3 Å². The summed E-state index contributed by atoms with van der Waals surface area (Å²) in [5, 5.41) is 2.79. The average molecular weight is 339 g/mol. The normalized spacial score (nSPS) is 26.4. The molecule has 8 heteroatoms. The predicted molar refractivity (Wildman–Crippen MR) is 87.8 cm³/mol. The number of anilines is 2. The molecule has 2 aliphatic rings. The van der Waals surface area contributed by atoms with Crippen molar-refractivity contribution in [1.29, 1.82) is 0 Å². The summed E-state index contributed by atoms with van der Waals surface area (Å²) in [7, 11) is -3.18. The third kappa shape index (κ3) is 3.49. The highest BCUT2D eigenvalue weighted by molar-refractivity contribution is 7.93. The number of amides is 1. The molecule has 23 heavy (non-hydrogen) atoms. The van der Waals surface area contributed by atoms with Gasteiger partial charge in [0.25, 0.3) is 5.91 Å². The van der Waals surface area contributed by atoms with E-state index in [2.05, 4.69) is 5.32 Å². The molecule has 2 atom stereocenters. The van der Waals surface area contributed by atoms with E-state index in [9.17, 15) is 13.2 Å². The van der Waals surface area contributed by atoms with Gasteiger partial charge in [0.15, 0.2) is 0 Å². The minimum atomic E-state index is -3.18. The minimum absolute atomic E-state index is 0.0477. The fourth-order valence-corrected chi connectivity index (χ4v) is 4.50. The van der Waals surface area contributed by atoms with Crippen LogP contribution in [-0.4, -0.2) is 45.4 Å². The van der Waals surface area contributed by atoms with Gasteiger partial charge in [-0.25, -0.2) is 8.42 Å². The molecule has 2 heterocycles. The number of hydrogen-bond acceptors (Lipinski definition) is 5. The molecule has 1 amide bonds. The summed E-state index contributed by atoms with van der Waals surface area (Å²) >= 11 is 0. The van der Waals surface area contributed by atoms with Crippen LogP contribution in [-0.2, 0) is 19.6 Å². The maximum absolute atomic E-state index is 12.1. The van der Waals surface area contributed by atoms with Crippen molar-refractivity contribution in [3.8, 4) is 0 Å². The van der Waals surface area contributed by atoms with Crippen molar-refractivity contribution in [1.82, 2.24) is 0 Å². The van der Waals surface area contributed by atoms with E-state index in [1.165, 1.54) is 4.31 Å². The Hall–Kier alpha value is -1.64. The van der Waals surface area contributed by atoms with E-state index in [1.54, 1.807) is 24.3 Å². The second-order valence-electron chi connectivity index (χ2n) is 5.84. The Kier molecular flexibility index (Phi) is 4.56. The van der Waals surface area contributed by atoms with Crippen LogP contribution in [0.1, 0.15) is 19.3 Å². The number of ether oxygens (including phenoxy) is 1. The van der Waals surface area contributed by atoms with Crippen molar-refractivity contribution in [3.63, 3.8) is 0 Å². The van der Waals surface area contributed by atoms with Crippen LogP contribution in [0.4, 0.5) is 11.4 Å². The second kappa shape index (κ2) is 6.46. The Morgan fingerprint density at radius 1 is 1.30 bits per heavy atom. The maximum atomic E-state index is 12.1. The molecule has 0 radical (unpaired) electrons. The number of nitrogens with one attached hydrogen (secondary N) is 1. The molecule has 2 saturated heterocycles. The molecule has 3 rings (SSSR count). The van der Waals surface area contributed by atoms with Crippen molar-refractivity contribution in [3.05, 3.63) is 24.3 Å². The zero-order valence-electron chi connectivity index (χ0n) is 12.8. The number of carbonyl (C=O) groups excluding carboxylic acids is 1. The number of nitrogens with two attached hydrogens (primary N) is 1. The van der Waals surface area contributed by atoms with Crippen molar-refractivity contribution in [2.45, 2.75) is 31.5 Å². The first-order chi connectivity index (χ1) is 11.0. The van der Waals surface area contributed by atoms with Crippen LogP contribution in [0.15, 0.2) is 24.3 Å². The van der Waals surface area contributed by atoms with Crippen molar-refractivity contribution < 1.29 is 17.9 Å². The molecule has 1 aromatic carbocycles. The number of sulfonamides is 1. The Morgan fingerprint density at radius 2 is 2.04 bits per heavy atom. The van der Waals surface area contributed by atoms with Gasteiger partial charge in [-0.05, 0) is 43.5 Å². The highest BCUT2D eigenvalue weighted by Crippen LogP contribution is 2.26. The summed E-state index contributed by atoms with van der Waals surface area (Å²) in [4.78, 5) is 12.1. The predicted octanol–water partition coefficient (Wildman–Crippen LogP) is 0.671. The van der Waals surface area contributed by atoms with Gasteiger partial charge in [0.2, 0.25) is 10.0 Å². The van der Waals surface area contributed by atoms with Crippen molar-refractivity contribution in [2.75, 3.05) is 28.5 Å². The smallest absolute Gasteiger partial charge is 0.253 e. The van der Waals surface area contributed by atoms with Gasteiger partial charge in [-0.1, -0.05) is 0 Å². The molecule has 0 aromatic heterocycles. The standard InChI is InChI=1S/C15H21N3O4S/c16-10-13-6-7-14(22-13)15(19)17-11-2-4-12(5-3-11)18-8-1-9-23(18,20)21/h2-5,13-14H,1,6-10,16H2,(H,17,19)/t13-,14+/m1/s1. The Labute approximate surface area is 135 Å². The van der Waals surface area contributed by atoms with E-state index in [-0.39, 0.29) is 17.8 Å². The number of rotatable bonds is 4. The Morgan fingerprint density at radius 3 is 2.61 bits per heavy atom. The second-order valence-corrected chi connectivity index (χ2v) is 7.85. The van der Waals surface area contributed by atoms with Gasteiger partial charge in [-0.15, -0.1) is 0 Å². The molecule has 7 nitrogen and oxygen atoms in total. The molecule has 0 bridgehead atoms. The van der Waals surface area contributed by atoms with Crippen molar-refractivity contribution in [2.24, 2.45) is 5.73 Å². The van der Waals surface area contributed by atoms with Gasteiger partial charge in [-0.2, -0.15) is 0 Å². The fraction of sp³-hybridized carbons (Fsp3) is 0.533. The Bertz CT molecular complexity index is 674. The lowest BCUT2D eigenvalue weighted by atomic mass is 10.2. The number of hydrogen-bond donors (Lipinski definition) is 2. The van der Waals surface area contributed by atoms with Gasteiger partial charge in [0, 0.05) is 18.8 Å². The summed E-state index contributed by atoms with van der Waals surface area (Å²) in [6, 6.07) is 6.82. The van der Waals surface area contributed by atoms with E-state index in [4.69, 9.17) is 10.5 Å². The average Bonchev–Trinajstić information content (AvgIpc) is 3.14. The van der Waals surface area contributed by atoms with E-state index in [1.807, 2.05) is 0 Å². The van der Waals surface area contributed by atoms with Gasteiger partial charge in [0.05, 0.1) is 17.5 Å². The van der Waals surface area contributed by atoms with Crippen LogP contribution in [0, 0.1) is 0 Å². The van der Waals surface area contributed by atoms with Crippen LogP contribution in [0.3, 0.4) is 0 Å². The third-order valence-electron chi connectivity index (χ3n) is 4.18. The number of benzene rings is 1. The van der Waals surface area contributed by atoms with Crippen LogP contribution in [0.2, 0.25) is 0 Å². The molecule has 0 spiro atoms. The summed E-state index contributed by atoms with van der Waals surface area (Å²) in [5.74, 6) is -0.00482. The first-order valence-electron chi connectivity index (χ1n) is 7.76. The summed E-state index contributed by atoms with van der Waals surface area (Å²) in [6.45, 7) is 0.924. The molecule has 2 aliphatic heterocycles. The van der Waals surface area contributed by atoms with Crippen LogP contribution in [0.5, 0.6) is 0 Å². The lowest BCUT2D eigenvalue weighted by Gasteiger charge is -2.17. The van der Waals surface area contributed by atoms with E-state index in [0.717, 1.165) is 6.42 Å². The van der Waals surface area contributed by atoms with Crippen LogP contribution in [0.25, 0.3) is 0 Å². The first kappa shape index (κ1) is 16.2. The zero-order valence-corrected chi connectivity index (χ0v) is 13.6. The topological polar surface area (TPSA) is 102 Å². The van der Waals surface area contributed by atoms with Crippen LogP contribution >= 0.6 is 0 Å². The van der Waals surface area contributed by atoms with E-state index < -0.39 is 16.1 Å². The lowest BCUT2D eigenvalue weighted by molar-refractivity contribution is -0.126. The van der Waals surface area contributed by atoms with Gasteiger partial charge in [0.1, 0.15) is 6.10 Å². The lowest BCUT2D eigenvalue weighted by Crippen LogP contribution is -2.29. The molecular formula is C15H21N3O4S. The summed E-state index contributed by atoms with van der Waals surface area (Å²) in [5.41, 5.74) is 6.78. The van der Waals surface area contributed by atoms with Gasteiger partial charge in [-0.3, -0.25) is 9.10 Å². The maximum Gasteiger partial charge on any atom is 0.253 e. The molecular weight excluding hydrogens is 318 g/mol. The molecule has 0 aliphatic carbocycles. The van der Waals surface area contributed by atoms with E-state index >= 15 is 0 Å². The first-order valence-corrected chi connectivity index (χ1v) is 9.37. The molecule has 2 fully saturated rings. The summed E-state index contributed by atoms with van der Waals surface area (Å²) < 4.78 is 30.7. The quantitative estimate of drug-likeness (QED) is 0.839. The molecule has 0 saturated carbocycles. The van der Waals surface area contributed by atoms with Gasteiger partial charge >= 0.3 is 0 Å². The van der Waals surface area contributed by atoms with Crippen LogP contribution < -0.4 is 15.4 Å². The Balaban J connectivity index is 1.63. The zero-order chi connectivity index (χ0) is 16.4. The van der Waals surface area contributed by atoms with Gasteiger partial charge < -0.3 is 15.8 Å². The molecule has 1 aromatic rings. The number of nitrogens with zero attached hydrogens (tertiary/aromatic N) is 1. The highest BCUT2D eigenvalue weighted by Gasteiger charge is 2.30. The fourth-order valence-electron chi connectivity index (χ4n) is 2.94.